The number of hydrogen-bond acceptors (Lipinski definition) is 6. The number of nitrogens with zero attached hydrogens (tertiary/aromatic N) is 4. The molecule has 0 bridgehead atoms. The molecule has 2 atom stereocenters. The summed E-state index contributed by atoms with van der Waals surface area (Å²) < 4.78 is 41.4. The molecule has 0 saturated heterocycles. The van der Waals surface area contributed by atoms with Gasteiger partial charge < -0.3 is 15.4 Å². The van der Waals surface area contributed by atoms with Crippen molar-refractivity contribution in [3.63, 3.8) is 0 Å². The van der Waals surface area contributed by atoms with E-state index in [0.717, 1.165) is 12.1 Å². The van der Waals surface area contributed by atoms with Gasteiger partial charge in [-0.1, -0.05) is 18.2 Å². The van der Waals surface area contributed by atoms with E-state index in [4.69, 9.17) is 5.73 Å². The lowest BCUT2D eigenvalue weighted by Crippen LogP contribution is -2.48. The molecule has 1 amide bonds. The molecule has 1 aliphatic carbocycles. The Morgan fingerprint density at radius 1 is 1.23 bits per heavy atom. The zero-order chi connectivity index (χ0) is 23.0. The Bertz CT molecular complexity index is 1090. The molecule has 2 N–H and O–H groups in total. The summed E-state index contributed by atoms with van der Waals surface area (Å²) in [4.78, 5) is 13.5. The van der Waals surface area contributed by atoms with Gasteiger partial charge in [0.1, 0.15) is 11.8 Å². The zero-order valence-electron chi connectivity index (χ0n) is 16.3. The van der Waals surface area contributed by atoms with Gasteiger partial charge in [0.15, 0.2) is 5.41 Å². The zero-order valence-corrected chi connectivity index (χ0v) is 16.3. The maximum atomic E-state index is 12.5. The van der Waals surface area contributed by atoms with Gasteiger partial charge in [-0.25, -0.2) is 0 Å². The lowest BCUT2D eigenvalue weighted by atomic mass is 9.58. The maximum Gasteiger partial charge on any atom is 0.573 e. The second-order valence-corrected chi connectivity index (χ2v) is 7.22. The third-order valence-corrected chi connectivity index (χ3v) is 5.58. The molecule has 0 aromatic heterocycles. The van der Waals surface area contributed by atoms with Gasteiger partial charge in [-0.2, -0.15) is 15.8 Å². The summed E-state index contributed by atoms with van der Waals surface area (Å²) in [5.74, 6) is -2.25. The van der Waals surface area contributed by atoms with Gasteiger partial charge in [0, 0.05) is 31.8 Å². The highest BCUT2D eigenvalue weighted by Gasteiger charge is 2.54. The summed E-state index contributed by atoms with van der Waals surface area (Å²) in [5, 5.41) is 29.6. The van der Waals surface area contributed by atoms with Gasteiger partial charge in [0.05, 0.1) is 23.4 Å². The van der Waals surface area contributed by atoms with Gasteiger partial charge in [-0.05, 0) is 23.3 Å². The first-order valence-electron chi connectivity index (χ1n) is 9.12. The molecule has 2 aliphatic rings. The molecule has 1 aromatic carbocycles. The van der Waals surface area contributed by atoms with Crippen LogP contribution >= 0.6 is 0 Å². The van der Waals surface area contributed by atoms with Gasteiger partial charge in [-0.3, -0.25) is 4.79 Å². The van der Waals surface area contributed by atoms with E-state index in [1.54, 1.807) is 6.08 Å². The molecule has 1 aliphatic heterocycles. The Labute approximate surface area is 176 Å². The first kappa shape index (κ1) is 21.7. The SMILES string of the molecule is CC(=O)N1CC=C2C(C#N)=C(N)C(C#N)(C#N)[C@@H](c3ccc(OC(F)(F)F)cc3)[C@H]2C1. The molecule has 10 heteroatoms. The van der Waals surface area contributed by atoms with Crippen LogP contribution < -0.4 is 10.5 Å². The second kappa shape index (κ2) is 7.70. The Morgan fingerprint density at radius 3 is 2.32 bits per heavy atom. The average Bonchev–Trinajstić information content (AvgIpc) is 2.72. The molecule has 7 nitrogen and oxygen atoms in total. The van der Waals surface area contributed by atoms with Crippen LogP contribution in [0.1, 0.15) is 18.4 Å². The van der Waals surface area contributed by atoms with Gasteiger partial charge >= 0.3 is 6.36 Å². The summed E-state index contributed by atoms with van der Waals surface area (Å²) in [5.41, 5.74) is 4.89. The Morgan fingerprint density at radius 2 is 1.84 bits per heavy atom. The van der Waals surface area contributed by atoms with Crippen molar-refractivity contribution in [1.29, 1.82) is 15.8 Å². The molecule has 0 unspecified atom stereocenters. The molecule has 0 fully saturated rings. The maximum absolute atomic E-state index is 12.5. The van der Waals surface area contributed by atoms with Crippen LogP contribution in [-0.2, 0) is 4.79 Å². The number of nitrogens with two attached hydrogens (primary N) is 1. The molecular formula is C21H16F3N5O2. The highest BCUT2D eigenvalue weighted by molar-refractivity contribution is 5.74. The molecule has 0 spiro atoms. The third kappa shape index (κ3) is 3.67. The average molecular weight is 427 g/mol. The summed E-state index contributed by atoms with van der Waals surface area (Å²) in [6, 6.07) is 10.6. The quantitative estimate of drug-likeness (QED) is 0.773. The van der Waals surface area contributed by atoms with Crippen LogP contribution in [0.15, 0.2) is 47.2 Å². The molecule has 0 radical (unpaired) electrons. The number of allylic oxidation sites excluding steroid dienone is 2. The minimum absolute atomic E-state index is 0.0181. The van der Waals surface area contributed by atoms with Crippen molar-refractivity contribution in [3.8, 4) is 24.0 Å². The van der Waals surface area contributed by atoms with Crippen LogP contribution in [0.3, 0.4) is 0 Å². The highest BCUT2D eigenvalue weighted by atomic mass is 19.4. The molecule has 0 saturated carbocycles. The van der Waals surface area contributed by atoms with Crippen LogP contribution in [0.4, 0.5) is 13.2 Å². The fraction of sp³-hybridized carbons (Fsp3) is 0.333. The first-order valence-corrected chi connectivity index (χ1v) is 9.12. The lowest BCUT2D eigenvalue weighted by molar-refractivity contribution is -0.274. The van der Waals surface area contributed by atoms with Crippen molar-refractivity contribution in [2.75, 3.05) is 13.1 Å². The Balaban J connectivity index is 2.19. The number of nitriles is 3. The predicted molar refractivity (Wildman–Crippen MR) is 100 cm³/mol. The highest BCUT2D eigenvalue weighted by Crippen LogP contribution is 2.54. The standard InChI is InChI=1S/C21H16F3N5O2/c1-12(30)29-7-6-15-16(8-25)19(28)20(10-26,11-27)18(17(15)9-29)13-2-4-14(5-3-13)31-21(22,23)24/h2-6,17-18H,7,9,28H2,1H3/t17-,18-/m0/s1. The molecule has 31 heavy (non-hydrogen) atoms. The number of benzene rings is 1. The largest absolute Gasteiger partial charge is 0.573 e. The van der Waals surface area contributed by atoms with Gasteiger partial charge in [-0.15, -0.1) is 13.2 Å². The second-order valence-electron chi connectivity index (χ2n) is 7.22. The monoisotopic (exact) mass is 427 g/mol. The normalized spacial score (nSPS) is 22.4. The number of amides is 1. The van der Waals surface area contributed by atoms with Gasteiger partial charge in [0.2, 0.25) is 5.91 Å². The number of halogens is 3. The smallest absolute Gasteiger partial charge is 0.406 e. The number of carbonyl (C=O) groups is 1. The minimum Gasteiger partial charge on any atom is -0.406 e. The number of ether oxygens (including phenoxy) is 1. The first-order chi connectivity index (χ1) is 14.6. The summed E-state index contributed by atoms with van der Waals surface area (Å²) in [6.07, 6.45) is -3.21. The number of rotatable bonds is 2. The van der Waals surface area contributed by atoms with Crippen molar-refractivity contribution >= 4 is 5.91 Å². The molecule has 158 valence electrons. The van der Waals surface area contributed by atoms with E-state index in [1.807, 2.05) is 18.2 Å². The summed E-state index contributed by atoms with van der Waals surface area (Å²) >= 11 is 0. The Hall–Kier alpha value is -3.97. The summed E-state index contributed by atoms with van der Waals surface area (Å²) in [6.45, 7) is 1.73. The van der Waals surface area contributed by atoms with Crippen molar-refractivity contribution in [3.05, 3.63) is 52.7 Å². The van der Waals surface area contributed by atoms with Crippen LogP contribution in [0, 0.1) is 45.3 Å². The predicted octanol–water partition coefficient (Wildman–Crippen LogP) is 2.86. The van der Waals surface area contributed by atoms with E-state index in [9.17, 15) is 33.8 Å². The molecule has 3 rings (SSSR count). The number of fused-ring (bicyclic) bond motifs is 1. The molecular weight excluding hydrogens is 411 g/mol. The fourth-order valence-electron chi connectivity index (χ4n) is 4.19. The number of alkyl halides is 3. The van der Waals surface area contributed by atoms with Gasteiger partial charge in [0.25, 0.3) is 0 Å². The Kier molecular flexibility index (Phi) is 5.40. The van der Waals surface area contributed by atoms with E-state index in [2.05, 4.69) is 4.74 Å². The van der Waals surface area contributed by atoms with Crippen molar-refractivity contribution < 1.29 is 22.7 Å². The topological polar surface area (TPSA) is 127 Å². The molecule has 1 heterocycles. The van der Waals surface area contributed by atoms with E-state index in [-0.39, 0.29) is 30.3 Å². The number of carbonyl (C=O) groups excluding carboxylic acids is 1. The van der Waals surface area contributed by atoms with E-state index in [1.165, 1.54) is 24.0 Å². The molecule has 1 aromatic rings. The van der Waals surface area contributed by atoms with Crippen LogP contribution in [0.5, 0.6) is 5.75 Å². The summed E-state index contributed by atoms with van der Waals surface area (Å²) in [7, 11) is 0. The van der Waals surface area contributed by atoms with E-state index in [0.29, 0.717) is 11.1 Å². The minimum atomic E-state index is -4.87. The van der Waals surface area contributed by atoms with Crippen molar-refractivity contribution in [2.24, 2.45) is 17.1 Å². The number of hydrogen-bond donors (Lipinski definition) is 1. The lowest BCUT2D eigenvalue weighted by Gasteiger charge is -2.45. The van der Waals surface area contributed by atoms with Crippen molar-refractivity contribution in [1.82, 2.24) is 4.90 Å². The van der Waals surface area contributed by atoms with E-state index < -0.39 is 29.4 Å². The van der Waals surface area contributed by atoms with Crippen LogP contribution in [0.25, 0.3) is 0 Å². The fourth-order valence-corrected chi connectivity index (χ4v) is 4.19. The van der Waals surface area contributed by atoms with Crippen LogP contribution in [-0.4, -0.2) is 30.3 Å². The van der Waals surface area contributed by atoms with E-state index >= 15 is 0 Å². The van der Waals surface area contributed by atoms with Crippen LogP contribution in [0.2, 0.25) is 0 Å². The third-order valence-electron chi connectivity index (χ3n) is 5.58. The van der Waals surface area contributed by atoms with Crippen molar-refractivity contribution in [2.45, 2.75) is 19.2 Å².